The lowest BCUT2D eigenvalue weighted by atomic mass is 9.88. The Bertz CT molecular complexity index is 380. The predicted octanol–water partition coefficient (Wildman–Crippen LogP) is 4.16. The fourth-order valence-electron chi connectivity index (χ4n) is 3.09. The molecule has 0 saturated carbocycles. The monoisotopic (exact) mass is 291 g/mol. The SMILES string of the molecule is CC.CC.Cc1ccc(N2CCC3(CCCCN3)C2)nc1. The third-order valence-corrected chi connectivity index (χ3v) is 4.16. The van der Waals surface area contributed by atoms with E-state index in [0.29, 0.717) is 5.54 Å². The summed E-state index contributed by atoms with van der Waals surface area (Å²) in [6.07, 6.45) is 7.28. The second-order valence-electron chi connectivity index (χ2n) is 5.53. The van der Waals surface area contributed by atoms with Crippen LogP contribution in [0.2, 0.25) is 0 Å². The molecule has 3 heterocycles. The summed E-state index contributed by atoms with van der Waals surface area (Å²) in [4.78, 5) is 6.96. The number of hydrogen-bond acceptors (Lipinski definition) is 3. The van der Waals surface area contributed by atoms with Crippen LogP contribution >= 0.6 is 0 Å². The van der Waals surface area contributed by atoms with Crippen molar-refractivity contribution in [2.24, 2.45) is 0 Å². The summed E-state index contributed by atoms with van der Waals surface area (Å²) in [6, 6.07) is 4.30. The number of rotatable bonds is 1. The Morgan fingerprint density at radius 3 is 2.43 bits per heavy atom. The molecule has 2 aliphatic heterocycles. The molecule has 1 N–H and O–H groups in total. The summed E-state index contributed by atoms with van der Waals surface area (Å²) < 4.78 is 0. The van der Waals surface area contributed by atoms with Gasteiger partial charge in [0.1, 0.15) is 5.82 Å². The van der Waals surface area contributed by atoms with Gasteiger partial charge in [-0.05, 0) is 44.4 Å². The number of nitrogens with zero attached hydrogens (tertiary/aromatic N) is 2. The summed E-state index contributed by atoms with van der Waals surface area (Å²) in [5.41, 5.74) is 1.61. The summed E-state index contributed by atoms with van der Waals surface area (Å²) >= 11 is 0. The van der Waals surface area contributed by atoms with Gasteiger partial charge in [0.15, 0.2) is 0 Å². The van der Waals surface area contributed by atoms with Crippen LogP contribution in [0.4, 0.5) is 5.82 Å². The zero-order valence-corrected chi connectivity index (χ0v) is 14.6. The minimum Gasteiger partial charge on any atom is -0.355 e. The number of aromatic nitrogens is 1. The number of pyridine rings is 1. The van der Waals surface area contributed by atoms with Crippen LogP contribution in [0.5, 0.6) is 0 Å². The lowest BCUT2D eigenvalue weighted by Gasteiger charge is -2.34. The van der Waals surface area contributed by atoms with Gasteiger partial charge in [0.25, 0.3) is 0 Å². The maximum Gasteiger partial charge on any atom is 0.128 e. The highest BCUT2D eigenvalue weighted by Crippen LogP contribution is 2.31. The van der Waals surface area contributed by atoms with E-state index in [1.54, 1.807) is 0 Å². The normalized spacial score (nSPS) is 24.0. The van der Waals surface area contributed by atoms with Crippen LogP contribution in [0.25, 0.3) is 0 Å². The van der Waals surface area contributed by atoms with Gasteiger partial charge < -0.3 is 10.2 Å². The highest BCUT2D eigenvalue weighted by Gasteiger charge is 2.38. The van der Waals surface area contributed by atoms with E-state index in [0.717, 1.165) is 18.9 Å². The maximum absolute atomic E-state index is 4.54. The van der Waals surface area contributed by atoms with Crippen molar-refractivity contribution in [3.05, 3.63) is 23.9 Å². The lowest BCUT2D eigenvalue weighted by molar-refractivity contribution is 0.280. The van der Waals surface area contributed by atoms with Gasteiger partial charge in [0, 0.05) is 24.8 Å². The standard InChI is InChI=1S/C14H21N3.2C2H6/c1-12-4-5-13(15-10-12)17-9-7-14(11-17)6-2-3-8-16-14;2*1-2/h4-5,10,16H,2-3,6-9,11H2,1H3;2*1-2H3. The fourth-order valence-corrected chi connectivity index (χ4v) is 3.09. The van der Waals surface area contributed by atoms with Gasteiger partial charge in [-0.15, -0.1) is 0 Å². The molecule has 120 valence electrons. The number of nitrogens with one attached hydrogen (secondary N) is 1. The first-order valence-corrected chi connectivity index (χ1v) is 8.70. The molecular weight excluding hydrogens is 258 g/mol. The molecule has 0 aliphatic carbocycles. The van der Waals surface area contributed by atoms with E-state index >= 15 is 0 Å². The zero-order valence-electron chi connectivity index (χ0n) is 14.6. The molecule has 0 aromatic carbocycles. The first kappa shape index (κ1) is 18.0. The molecule has 21 heavy (non-hydrogen) atoms. The Morgan fingerprint density at radius 2 is 1.86 bits per heavy atom. The molecule has 2 aliphatic rings. The average Bonchev–Trinajstić information content (AvgIpc) is 2.96. The molecular formula is C18H33N3. The van der Waals surface area contributed by atoms with Crippen molar-refractivity contribution in [3.63, 3.8) is 0 Å². The third kappa shape index (κ3) is 4.70. The molecule has 3 nitrogen and oxygen atoms in total. The molecule has 3 heteroatoms. The first-order valence-electron chi connectivity index (χ1n) is 8.70. The summed E-state index contributed by atoms with van der Waals surface area (Å²) in [7, 11) is 0. The van der Waals surface area contributed by atoms with Gasteiger partial charge in [0.2, 0.25) is 0 Å². The van der Waals surface area contributed by atoms with E-state index in [4.69, 9.17) is 0 Å². The summed E-state index contributed by atoms with van der Waals surface area (Å²) in [5.74, 6) is 1.14. The van der Waals surface area contributed by atoms with Gasteiger partial charge in [-0.2, -0.15) is 0 Å². The van der Waals surface area contributed by atoms with Crippen LogP contribution in [-0.2, 0) is 0 Å². The van der Waals surface area contributed by atoms with Crippen molar-refractivity contribution in [1.29, 1.82) is 0 Å². The predicted molar refractivity (Wildman–Crippen MR) is 93.1 cm³/mol. The smallest absolute Gasteiger partial charge is 0.128 e. The number of piperidine rings is 1. The van der Waals surface area contributed by atoms with Gasteiger partial charge in [-0.3, -0.25) is 0 Å². The van der Waals surface area contributed by atoms with Crippen molar-refractivity contribution in [2.75, 3.05) is 24.5 Å². The Balaban J connectivity index is 0.000000510. The Morgan fingerprint density at radius 1 is 1.10 bits per heavy atom. The van der Waals surface area contributed by atoms with E-state index in [1.165, 1.54) is 37.8 Å². The second-order valence-corrected chi connectivity index (χ2v) is 5.53. The van der Waals surface area contributed by atoms with Crippen molar-refractivity contribution < 1.29 is 0 Å². The van der Waals surface area contributed by atoms with Gasteiger partial charge in [-0.25, -0.2) is 4.98 Å². The molecule has 1 spiro atoms. The molecule has 1 unspecified atom stereocenters. The fraction of sp³-hybridized carbons (Fsp3) is 0.722. The highest BCUT2D eigenvalue weighted by atomic mass is 15.2. The summed E-state index contributed by atoms with van der Waals surface area (Å²) in [5, 5.41) is 3.74. The van der Waals surface area contributed by atoms with E-state index in [2.05, 4.69) is 34.3 Å². The van der Waals surface area contributed by atoms with Crippen molar-refractivity contribution in [3.8, 4) is 0 Å². The maximum atomic E-state index is 4.54. The van der Waals surface area contributed by atoms with Crippen LogP contribution in [0.3, 0.4) is 0 Å². The minimum atomic E-state index is 0.380. The van der Waals surface area contributed by atoms with E-state index in [-0.39, 0.29) is 0 Å². The van der Waals surface area contributed by atoms with Crippen LogP contribution in [0.15, 0.2) is 18.3 Å². The first-order chi connectivity index (χ1) is 10.3. The van der Waals surface area contributed by atoms with Crippen LogP contribution < -0.4 is 10.2 Å². The van der Waals surface area contributed by atoms with E-state index in [1.807, 2.05) is 33.9 Å². The molecule has 0 amide bonds. The Hall–Kier alpha value is -1.09. The number of anilines is 1. The zero-order chi connectivity index (χ0) is 15.7. The topological polar surface area (TPSA) is 28.2 Å². The highest BCUT2D eigenvalue weighted by molar-refractivity contribution is 5.41. The molecule has 0 bridgehead atoms. The molecule has 1 aromatic rings. The van der Waals surface area contributed by atoms with Gasteiger partial charge in [0.05, 0.1) is 0 Å². The molecule has 1 aromatic heterocycles. The van der Waals surface area contributed by atoms with Crippen molar-refractivity contribution in [1.82, 2.24) is 10.3 Å². The van der Waals surface area contributed by atoms with Crippen molar-refractivity contribution >= 4 is 5.82 Å². The Labute approximate surface area is 131 Å². The average molecular weight is 291 g/mol. The van der Waals surface area contributed by atoms with Gasteiger partial charge >= 0.3 is 0 Å². The quantitative estimate of drug-likeness (QED) is 0.842. The number of hydrogen-bond donors (Lipinski definition) is 1. The second kappa shape index (κ2) is 9.04. The summed E-state index contributed by atoms with van der Waals surface area (Å²) in [6.45, 7) is 13.5. The minimum absolute atomic E-state index is 0.380. The molecule has 3 rings (SSSR count). The van der Waals surface area contributed by atoms with Crippen molar-refractivity contribution in [2.45, 2.75) is 65.8 Å². The molecule has 2 fully saturated rings. The molecule has 0 radical (unpaired) electrons. The molecule has 1 atom stereocenters. The van der Waals surface area contributed by atoms with Gasteiger partial charge in [-0.1, -0.05) is 40.2 Å². The van der Waals surface area contributed by atoms with E-state index < -0.39 is 0 Å². The van der Waals surface area contributed by atoms with Crippen LogP contribution in [0, 0.1) is 6.92 Å². The van der Waals surface area contributed by atoms with Crippen LogP contribution in [0.1, 0.15) is 58.9 Å². The number of aryl methyl sites for hydroxylation is 1. The van der Waals surface area contributed by atoms with E-state index in [9.17, 15) is 0 Å². The molecule has 2 saturated heterocycles. The largest absolute Gasteiger partial charge is 0.355 e. The Kier molecular flexibility index (Phi) is 7.73. The lowest BCUT2D eigenvalue weighted by Crippen LogP contribution is -2.50. The van der Waals surface area contributed by atoms with Crippen LogP contribution in [-0.4, -0.2) is 30.2 Å². The third-order valence-electron chi connectivity index (χ3n) is 4.16.